The van der Waals surface area contributed by atoms with E-state index in [-0.39, 0.29) is 5.43 Å². The van der Waals surface area contributed by atoms with Crippen molar-refractivity contribution < 1.29 is 0 Å². The van der Waals surface area contributed by atoms with Gasteiger partial charge in [0.1, 0.15) is 0 Å². The van der Waals surface area contributed by atoms with Crippen LogP contribution in [0.3, 0.4) is 0 Å². The zero-order valence-corrected chi connectivity index (χ0v) is 7.71. The van der Waals surface area contributed by atoms with E-state index in [9.17, 15) is 4.79 Å². The number of rotatable bonds is 1. The molecule has 1 N–H and O–H groups in total. The fraction of sp³-hybridized carbons (Fsp3) is 0.375. The lowest BCUT2D eigenvalue weighted by atomic mass is 10.2. The van der Waals surface area contributed by atoms with Gasteiger partial charge in [-0.25, -0.2) is 0 Å². The Morgan fingerprint density at radius 3 is 2.64 bits per heavy atom. The summed E-state index contributed by atoms with van der Waals surface area (Å²) in [5.74, 6) is 0. The summed E-state index contributed by atoms with van der Waals surface area (Å²) in [4.78, 5) is 11.3. The Morgan fingerprint density at radius 2 is 2.09 bits per heavy atom. The van der Waals surface area contributed by atoms with Crippen LogP contribution in [0.15, 0.2) is 10.2 Å². The maximum absolute atomic E-state index is 11.3. The second kappa shape index (κ2) is 3.05. The van der Waals surface area contributed by atoms with Crippen molar-refractivity contribution in [2.45, 2.75) is 13.8 Å². The molecular weight excluding hydrogens is 158 g/mol. The summed E-state index contributed by atoms with van der Waals surface area (Å²) in [6.45, 7) is 3.68. The molecule has 1 aromatic heterocycles. The maximum atomic E-state index is 11.3. The molecule has 3 heteroatoms. The lowest BCUT2D eigenvalue weighted by Crippen LogP contribution is -2.09. The number of aryl methyl sites for hydroxylation is 1. The fourth-order valence-electron chi connectivity index (χ4n) is 0.935. The summed E-state index contributed by atoms with van der Waals surface area (Å²) in [6, 6.07) is 0. The predicted octanol–water partition coefficient (Wildman–Crippen LogP) is 1.77. The Balaban J connectivity index is 3.37. The third-order valence-electron chi connectivity index (χ3n) is 1.62. The molecule has 1 aromatic rings. The first kappa shape index (κ1) is 8.27. The minimum absolute atomic E-state index is 0.146. The first-order valence-corrected chi connectivity index (χ1v) is 4.31. The highest BCUT2D eigenvalue weighted by molar-refractivity contribution is 7.14. The predicted molar refractivity (Wildman–Crippen MR) is 49.6 cm³/mol. The second-order valence-corrected chi connectivity index (χ2v) is 3.33. The summed E-state index contributed by atoms with van der Waals surface area (Å²) in [6.07, 6.45) is 0. The molecular formula is C8H11NOS. The van der Waals surface area contributed by atoms with Gasteiger partial charge in [0.2, 0.25) is 0 Å². The average molecular weight is 169 g/mol. The van der Waals surface area contributed by atoms with Crippen molar-refractivity contribution in [2.75, 3.05) is 12.4 Å². The molecule has 0 aromatic carbocycles. The van der Waals surface area contributed by atoms with E-state index >= 15 is 0 Å². The molecule has 0 fully saturated rings. The van der Waals surface area contributed by atoms with Crippen molar-refractivity contribution in [1.29, 1.82) is 0 Å². The quantitative estimate of drug-likeness (QED) is 0.694. The monoisotopic (exact) mass is 169 g/mol. The van der Waals surface area contributed by atoms with Crippen molar-refractivity contribution in [3.63, 3.8) is 0 Å². The second-order valence-electron chi connectivity index (χ2n) is 2.45. The minimum Gasteiger partial charge on any atom is -0.380 e. The van der Waals surface area contributed by atoms with Crippen molar-refractivity contribution in [3.05, 3.63) is 26.7 Å². The third kappa shape index (κ3) is 1.43. The average Bonchev–Trinajstić information content (AvgIpc) is 2.01. The van der Waals surface area contributed by atoms with Gasteiger partial charge in [-0.15, -0.1) is 11.3 Å². The lowest BCUT2D eigenvalue weighted by Gasteiger charge is -2.02. The van der Waals surface area contributed by atoms with Gasteiger partial charge in [-0.05, 0) is 19.2 Å². The molecule has 0 aliphatic heterocycles. The molecule has 0 radical (unpaired) electrons. The van der Waals surface area contributed by atoms with Crippen LogP contribution in [-0.2, 0) is 0 Å². The van der Waals surface area contributed by atoms with Gasteiger partial charge in [-0.2, -0.15) is 0 Å². The smallest absolute Gasteiger partial charge is 0.188 e. The van der Waals surface area contributed by atoms with Gasteiger partial charge in [-0.1, -0.05) is 0 Å². The highest BCUT2D eigenvalue weighted by Crippen LogP contribution is 2.16. The largest absolute Gasteiger partial charge is 0.380 e. The van der Waals surface area contributed by atoms with E-state index in [4.69, 9.17) is 0 Å². The zero-order valence-electron chi connectivity index (χ0n) is 6.89. The van der Waals surface area contributed by atoms with Crippen LogP contribution in [-0.4, -0.2) is 7.05 Å². The molecule has 0 bridgehead atoms. The van der Waals surface area contributed by atoms with Crippen molar-refractivity contribution in [3.8, 4) is 0 Å². The van der Waals surface area contributed by atoms with E-state index in [1.165, 1.54) is 0 Å². The third-order valence-corrected chi connectivity index (χ3v) is 2.84. The molecule has 0 saturated heterocycles. The van der Waals surface area contributed by atoms with Gasteiger partial charge in [0.25, 0.3) is 0 Å². The van der Waals surface area contributed by atoms with Gasteiger partial charge < -0.3 is 5.32 Å². The summed E-state index contributed by atoms with van der Waals surface area (Å²) >= 11 is 1.57. The Hall–Kier alpha value is -0.830. The summed E-state index contributed by atoms with van der Waals surface area (Å²) in [7, 11) is 1.83. The van der Waals surface area contributed by atoms with E-state index in [1.807, 2.05) is 26.3 Å². The van der Waals surface area contributed by atoms with Crippen molar-refractivity contribution in [2.24, 2.45) is 0 Å². The van der Waals surface area contributed by atoms with Gasteiger partial charge in [-0.3, -0.25) is 4.79 Å². The fourth-order valence-corrected chi connectivity index (χ4v) is 1.72. The van der Waals surface area contributed by atoms with Gasteiger partial charge in [0, 0.05) is 18.2 Å². The van der Waals surface area contributed by atoms with Crippen LogP contribution in [0.4, 0.5) is 5.00 Å². The summed E-state index contributed by atoms with van der Waals surface area (Å²) < 4.78 is 0. The van der Waals surface area contributed by atoms with E-state index in [2.05, 4.69) is 5.32 Å². The first-order chi connectivity index (χ1) is 5.16. The normalized spacial score (nSPS) is 9.73. The molecule has 0 spiro atoms. The molecule has 0 saturated carbocycles. The van der Waals surface area contributed by atoms with Gasteiger partial charge >= 0.3 is 0 Å². The van der Waals surface area contributed by atoms with E-state index < -0.39 is 0 Å². The number of hydrogen-bond acceptors (Lipinski definition) is 3. The van der Waals surface area contributed by atoms with Crippen LogP contribution in [0.1, 0.15) is 11.1 Å². The SMILES string of the molecule is CNc1scc(C)c(=O)c1C. The Kier molecular flexibility index (Phi) is 2.29. The number of nitrogens with one attached hydrogen (secondary N) is 1. The zero-order chi connectivity index (χ0) is 8.43. The molecule has 2 nitrogen and oxygen atoms in total. The highest BCUT2D eigenvalue weighted by Gasteiger charge is 2.02. The van der Waals surface area contributed by atoms with Crippen LogP contribution < -0.4 is 10.7 Å². The Morgan fingerprint density at radius 1 is 1.45 bits per heavy atom. The van der Waals surface area contributed by atoms with Crippen LogP contribution in [0, 0.1) is 13.8 Å². The topological polar surface area (TPSA) is 29.1 Å². The van der Waals surface area contributed by atoms with Gasteiger partial charge in [0.15, 0.2) is 5.43 Å². The summed E-state index contributed by atoms with van der Waals surface area (Å²) in [5, 5.41) is 5.82. The molecule has 0 aliphatic carbocycles. The number of hydrogen-bond donors (Lipinski definition) is 1. The Labute approximate surface area is 69.9 Å². The van der Waals surface area contributed by atoms with Crippen LogP contribution in [0.5, 0.6) is 0 Å². The molecule has 0 atom stereocenters. The standard InChI is InChI=1S/C8H11NOS/c1-5-4-11-8(9-3)6(2)7(5)10/h4,9H,1-3H3. The van der Waals surface area contributed by atoms with Crippen LogP contribution in [0.25, 0.3) is 0 Å². The van der Waals surface area contributed by atoms with Crippen molar-refractivity contribution >= 4 is 16.3 Å². The van der Waals surface area contributed by atoms with Crippen LogP contribution in [0.2, 0.25) is 0 Å². The Bertz CT molecular complexity index is 316. The van der Waals surface area contributed by atoms with E-state index in [0.29, 0.717) is 0 Å². The van der Waals surface area contributed by atoms with Crippen molar-refractivity contribution in [1.82, 2.24) is 0 Å². The molecule has 60 valence electrons. The maximum Gasteiger partial charge on any atom is 0.188 e. The minimum atomic E-state index is 0.146. The van der Waals surface area contributed by atoms with Gasteiger partial charge in [0.05, 0.1) is 5.00 Å². The molecule has 0 amide bonds. The molecule has 11 heavy (non-hydrogen) atoms. The molecule has 1 heterocycles. The number of anilines is 1. The van der Waals surface area contributed by atoms with E-state index in [0.717, 1.165) is 16.1 Å². The summed E-state index contributed by atoms with van der Waals surface area (Å²) in [5.41, 5.74) is 1.79. The lowest BCUT2D eigenvalue weighted by molar-refractivity contribution is 1.33. The van der Waals surface area contributed by atoms with Crippen LogP contribution >= 0.6 is 11.3 Å². The molecule has 0 unspecified atom stereocenters. The molecule has 1 rings (SSSR count). The van der Waals surface area contributed by atoms with E-state index in [1.54, 1.807) is 11.3 Å². The first-order valence-electron chi connectivity index (χ1n) is 3.43. The highest BCUT2D eigenvalue weighted by atomic mass is 32.1. The molecule has 0 aliphatic rings.